The SMILES string of the molecule is Cc1nc2c(c(N[C@H](C)c3cccc(C(F)F)c3F)n1)CN(c1cnn(C)c1)C(=O)N2. The highest BCUT2D eigenvalue weighted by Crippen LogP contribution is 2.33. The number of aryl methyl sites for hydroxylation is 2. The van der Waals surface area contributed by atoms with E-state index in [9.17, 15) is 18.0 Å². The second-order valence-corrected chi connectivity index (χ2v) is 7.25. The fourth-order valence-corrected chi connectivity index (χ4v) is 3.48. The summed E-state index contributed by atoms with van der Waals surface area (Å²) in [7, 11) is 1.74. The van der Waals surface area contributed by atoms with Gasteiger partial charge >= 0.3 is 6.03 Å². The summed E-state index contributed by atoms with van der Waals surface area (Å²) in [6.07, 6.45) is 0.339. The average Bonchev–Trinajstić information content (AvgIpc) is 3.13. The van der Waals surface area contributed by atoms with Crippen LogP contribution in [0.5, 0.6) is 0 Å². The zero-order valence-corrected chi connectivity index (χ0v) is 17.0. The molecule has 162 valence electrons. The van der Waals surface area contributed by atoms with Gasteiger partial charge in [0, 0.05) is 18.8 Å². The topological polar surface area (TPSA) is 88.0 Å². The summed E-state index contributed by atoms with van der Waals surface area (Å²) in [5, 5.41) is 9.91. The number of urea groups is 1. The van der Waals surface area contributed by atoms with Crippen LogP contribution in [0.2, 0.25) is 0 Å². The molecule has 0 saturated heterocycles. The van der Waals surface area contributed by atoms with Gasteiger partial charge in [0.05, 0.1) is 35.6 Å². The molecule has 0 bridgehead atoms. The molecule has 0 fully saturated rings. The van der Waals surface area contributed by atoms with E-state index >= 15 is 0 Å². The van der Waals surface area contributed by atoms with Crippen molar-refractivity contribution >= 4 is 23.4 Å². The maximum absolute atomic E-state index is 14.6. The molecule has 2 amide bonds. The van der Waals surface area contributed by atoms with Crippen molar-refractivity contribution in [2.75, 3.05) is 15.5 Å². The number of nitrogens with one attached hydrogen (secondary N) is 2. The van der Waals surface area contributed by atoms with Crippen molar-refractivity contribution in [2.24, 2.45) is 7.05 Å². The van der Waals surface area contributed by atoms with Crippen LogP contribution in [0.3, 0.4) is 0 Å². The van der Waals surface area contributed by atoms with Crippen molar-refractivity contribution in [3.8, 4) is 0 Å². The first kappa shape index (κ1) is 20.6. The van der Waals surface area contributed by atoms with E-state index < -0.39 is 23.8 Å². The molecule has 2 N–H and O–H groups in total. The highest BCUT2D eigenvalue weighted by atomic mass is 19.3. The Kier molecular flexibility index (Phi) is 5.25. The quantitative estimate of drug-likeness (QED) is 0.628. The number of rotatable bonds is 5. The Hall–Kier alpha value is -3.63. The smallest absolute Gasteiger partial charge is 0.327 e. The number of aromatic nitrogens is 4. The first-order valence-corrected chi connectivity index (χ1v) is 9.52. The number of fused-ring (bicyclic) bond motifs is 1. The largest absolute Gasteiger partial charge is 0.363 e. The van der Waals surface area contributed by atoms with Crippen LogP contribution in [0.15, 0.2) is 30.6 Å². The van der Waals surface area contributed by atoms with Crippen molar-refractivity contribution in [1.29, 1.82) is 0 Å². The lowest BCUT2D eigenvalue weighted by Gasteiger charge is -2.29. The van der Waals surface area contributed by atoms with Crippen molar-refractivity contribution in [3.63, 3.8) is 0 Å². The van der Waals surface area contributed by atoms with Crippen LogP contribution in [-0.2, 0) is 13.6 Å². The molecular weight excluding hydrogens is 411 g/mol. The molecule has 11 heteroatoms. The summed E-state index contributed by atoms with van der Waals surface area (Å²) in [5.41, 5.74) is 0.612. The highest BCUT2D eigenvalue weighted by molar-refractivity contribution is 6.04. The number of halogens is 3. The van der Waals surface area contributed by atoms with E-state index in [0.29, 0.717) is 28.7 Å². The van der Waals surface area contributed by atoms with Crippen molar-refractivity contribution in [2.45, 2.75) is 32.9 Å². The number of alkyl halides is 2. The molecule has 1 aliphatic heterocycles. The monoisotopic (exact) mass is 431 g/mol. The predicted molar refractivity (Wildman–Crippen MR) is 109 cm³/mol. The Morgan fingerprint density at radius 2 is 1.97 bits per heavy atom. The number of carbonyl (C=O) groups excluding carboxylic acids is 1. The molecule has 0 aliphatic carbocycles. The average molecular weight is 431 g/mol. The number of anilines is 3. The van der Waals surface area contributed by atoms with Gasteiger partial charge in [-0.25, -0.2) is 27.9 Å². The Bertz CT molecular complexity index is 1150. The maximum atomic E-state index is 14.6. The third-order valence-corrected chi connectivity index (χ3v) is 5.02. The maximum Gasteiger partial charge on any atom is 0.327 e. The zero-order chi connectivity index (χ0) is 22.3. The lowest BCUT2D eigenvalue weighted by molar-refractivity contribution is 0.146. The molecule has 2 aromatic heterocycles. The third-order valence-electron chi connectivity index (χ3n) is 5.02. The number of benzene rings is 1. The fraction of sp³-hybridized carbons (Fsp3) is 0.300. The van der Waals surface area contributed by atoms with Crippen molar-refractivity contribution in [3.05, 3.63) is 58.9 Å². The highest BCUT2D eigenvalue weighted by Gasteiger charge is 2.30. The van der Waals surface area contributed by atoms with Gasteiger partial charge in [-0.1, -0.05) is 18.2 Å². The Morgan fingerprint density at radius 1 is 1.23 bits per heavy atom. The predicted octanol–water partition coefficient (Wildman–Crippen LogP) is 4.32. The second-order valence-electron chi connectivity index (χ2n) is 7.25. The molecule has 4 rings (SSSR count). The summed E-state index contributed by atoms with van der Waals surface area (Å²) in [6.45, 7) is 3.47. The minimum atomic E-state index is -2.91. The van der Waals surface area contributed by atoms with Gasteiger partial charge in [0.15, 0.2) is 0 Å². The van der Waals surface area contributed by atoms with Gasteiger partial charge < -0.3 is 5.32 Å². The zero-order valence-electron chi connectivity index (χ0n) is 17.0. The van der Waals surface area contributed by atoms with E-state index in [1.54, 1.807) is 38.0 Å². The van der Waals surface area contributed by atoms with Gasteiger partial charge in [-0.3, -0.25) is 14.9 Å². The van der Waals surface area contributed by atoms with Crippen LogP contribution in [0.25, 0.3) is 0 Å². The first-order valence-electron chi connectivity index (χ1n) is 9.52. The van der Waals surface area contributed by atoms with E-state index in [-0.39, 0.29) is 18.1 Å². The summed E-state index contributed by atoms with van der Waals surface area (Å²) in [6, 6.07) is 2.87. The second kappa shape index (κ2) is 7.89. The summed E-state index contributed by atoms with van der Waals surface area (Å²) < 4.78 is 42.3. The summed E-state index contributed by atoms with van der Waals surface area (Å²) in [4.78, 5) is 22.7. The molecule has 0 spiro atoms. The summed E-state index contributed by atoms with van der Waals surface area (Å²) in [5.74, 6) is 0.160. The van der Waals surface area contributed by atoms with Crippen LogP contribution in [0.1, 0.15) is 41.9 Å². The van der Waals surface area contributed by atoms with Gasteiger partial charge in [0.25, 0.3) is 6.43 Å². The Balaban J connectivity index is 1.68. The minimum absolute atomic E-state index is 0.0896. The molecule has 3 heterocycles. The number of hydrogen-bond acceptors (Lipinski definition) is 5. The number of hydrogen-bond donors (Lipinski definition) is 2. The van der Waals surface area contributed by atoms with E-state index in [2.05, 4.69) is 25.7 Å². The molecule has 0 saturated carbocycles. The molecule has 3 aromatic rings. The number of nitrogens with zero attached hydrogens (tertiary/aromatic N) is 5. The summed E-state index contributed by atoms with van der Waals surface area (Å²) >= 11 is 0. The van der Waals surface area contributed by atoms with Gasteiger partial charge in [-0.15, -0.1) is 0 Å². The molecule has 1 aliphatic rings. The fourth-order valence-electron chi connectivity index (χ4n) is 3.48. The normalized spacial score (nSPS) is 14.4. The van der Waals surface area contributed by atoms with Crippen LogP contribution < -0.4 is 15.5 Å². The molecule has 1 aromatic carbocycles. The van der Waals surface area contributed by atoms with Gasteiger partial charge in [-0.05, 0) is 13.8 Å². The van der Waals surface area contributed by atoms with E-state index in [0.717, 1.165) is 6.07 Å². The van der Waals surface area contributed by atoms with Crippen LogP contribution >= 0.6 is 0 Å². The van der Waals surface area contributed by atoms with E-state index in [1.165, 1.54) is 17.0 Å². The standard InChI is InChI=1S/C20H20F3N7O/c1-10(13-5-4-6-14(16(13)21)17(22)23)25-18-15-9-30(12-7-24-29(3)8-12)20(31)28-19(15)27-11(2)26-18/h4-8,10,17H,9H2,1-3H3,(H2,25,26,27,28,31)/t10-/m1/s1. The lowest BCUT2D eigenvalue weighted by Crippen LogP contribution is -2.39. The van der Waals surface area contributed by atoms with E-state index in [4.69, 9.17) is 0 Å². The number of carbonyl (C=O) groups is 1. The van der Waals surface area contributed by atoms with Gasteiger partial charge in [0.1, 0.15) is 23.3 Å². The molecule has 0 unspecified atom stereocenters. The molecular formula is C20H20F3N7O. The lowest BCUT2D eigenvalue weighted by atomic mass is 10.0. The third kappa shape index (κ3) is 3.90. The van der Waals surface area contributed by atoms with Crippen LogP contribution in [-0.4, -0.2) is 25.8 Å². The Labute approximate surface area is 176 Å². The van der Waals surface area contributed by atoms with Gasteiger partial charge in [-0.2, -0.15) is 5.10 Å². The van der Waals surface area contributed by atoms with E-state index in [1.807, 2.05) is 0 Å². The molecule has 1 atom stereocenters. The Morgan fingerprint density at radius 3 is 2.65 bits per heavy atom. The molecule has 8 nitrogen and oxygen atoms in total. The van der Waals surface area contributed by atoms with Gasteiger partial charge in [0.2, 0.25) is 0 Å². The molecule has 0 radical (unpaired) electrons. The van der Waals surface area contributed by atoms with Crippen molar-refractivity contribution < 1.29 is 18.0 Å². The minimum Gasteiger partial charge on any atom is -0.363 e. The van der Waals surface area contributed by atoms with Crippen molar-refractivity contribution in [1.82, 2.24) is 19.7 Å². The van der Waals surface area contributed by atoms with Crippen LogP contribution in [0, 0.1) is 12.7 Å². The molecule has 31 heavy (non-hydrogen) atoms. The first-order chi connectivity index (χ1) is 14.7. The van der Waals surface area contributed by atoms with Crippen LogP contribution in [0.4, 0.5) is 35.3 Å². The number of amides is 2.